The summed E-state index contributed by atoms with van der Waals surface area (Å²) in [7, 11) is 3.23. The molecular formula is C25H22N4O3S. The third-order valence-electron chi connectivity index (χ3n) is 4.99. The Morgan fingerprint density at radius 2 is 1.79 bits per heavy atom. The van der Waals surface area contributed by atoms with Gasteiger partial charge in [-0.2, -0.15) is 5.10 Å². The van der Waals surface area contributed by atoms with Crippen molar-refractivity contribution in [2.24, 2.45) is 10.8 Å². The van der Waals surface area contributed by atoms with Gasteiger partial charge < -0.3 is 15.2 Å². The number of methoxy groups -OCH3 is 2. The molecule has 3 N–H and O–H groups in total. The monoisotopic (exact) mass is 458 g/mol. The normalized spacial score (nSPS) is 10.8. The van der Waals surface area contributed by atoms with Crippen molar-refractivity contribution >= 4 is 28.6 Å². The number of anilines is 1. The van der Waals surface area contributed by atoms with Gasteiger partial charge in [-0.15, -0.1) is 11.3 Å². The maximum atomic E-state index is 11.8. The average Bonchev–Trinajstić information content (AvgIpc) is 3.33. The smallest absolute Gasteiger partial charge is 0.249 e. The Bertz CT molecular complexity index is 1300. The summed E-state index contributed by atoms with van der Waals surface area (Å²) in [4.78, 5) is 16.4. The quantitative estimate of drug-likeness (QED) is 0.285. The molecule has 3 aromatic carbocycles. The summed E-state index contributed by atoms with van der Waals surface area (Å²) in [6, 6.07) is 20.5. The Labute approximate surface area is 195 Å². The van der Waals surface area contributed by atoms with Gasteiger partial charge in [0.1, 0.15) is 11.5 Å². The van der Waals surface area contributed by atoms with E-state index in [4.69, 9.17) is 15.2 Å². The molecule has 1 amide bonds. The van der Waals surface area contributed by atoms with Crippen molar-refractivity contribution < 1.29 is 14.3 Å². The highest BCUT2D eigenvalue weighted by Gasteiger charge is 2.11. The lowest BCUT2D eigenvalue weighted by Gasteiger charge is -2.10. The van der Waals surface area contributed by atoms with Crippen molar-refractivity contribution in [3.05, 3.63) is 83.2 Å². The van der Waals surface area contributed by atoms with Crippen LogP contribution in [0.15, 0.2) is 77.2 Å². The maximum Gasteiger partial charge on any atom is 0.249 e. The first kappa shape index (κ1) is 22.0. The van der Waals surface area contributed by atoms with E-state index in [9.17, 15) is 4.79 Å². The number of rotatable bonds is 8. The van der Waals surface area contributed by atoms with Crippen LogP contribution >= 0.6 is 11.3 Å². The molecule has 0 bridgehead atoms. The van der Waals surface area contributed by atoms with Crippen molar-refractivity contribution in [1.82, 2.24) is 4.98 Å². The number of hydrazone groups is 1. The highest BCUT2D eigenvalue weighted by Crippen LogP contribution is 2.29. The molecule has 0 spiro atoms. The molecule has 0 aliphatic carbocycles. The minimum atomic E-state index is -0.477. The molecule has 166 valence electrons. The van der Waals surface area contributed by atoms with Crippen LogP contribution in [0.5, 0.6) is 11.5 Å². The van der Waals surface area contributed by atoms with Gasteiger partial charge in [-0.1, -0.05) is 24.3 Å². The number of nitrogens with one attached hydrogen (secondary N) is 1. The second-order valence-electron chi connectivity index (χ2n) is 7.00. The van der Waals surface area contributed by atoms with Crippen molar-refractivity contribution in [3.8, 4) is 33.9 Å². The van der Waals surface area contributed by atoms with Crippen LogP contribution in [-0.2, 0) is 0 Å². The Morgan fingerprint density at radius 3 is 2.52 bits per heavy atom. The fourth-order valence-electron chi connectivity index (χ4n) is 3.33. The van der Waals surface area contributed by atoms with Gasteiger partial charge >= 0.3 is 0 Å². The van der Waals surface area contributed by atoms with Crippen molar-refractivity contribution in [3.63, 3.8) is 0 Å². The molecule has 8 heteroatoms. The molecule has 0 saturated carbocycles. The first-order valence-corrected chi connectivity index (χ1v) is 10.9. The molecule has 0 aliphatic heterocycles. The van der Waals surface area contributed by atoms with Gasteiger partial charge in [0.05, 0.1) is 26.1 Å². The Hall–Kier alpha value is -4.17. The van der Waals surface area contributed by atoms with E-state index < -0.39 is 5.91 Å². The zero-order chi connectivity index (χ0) is 23.2. The van der Waals surface area contributed by atoms with Crippen LogP contribution in [0, 0.1) is 0 Å². The molecule has 0 saturated heterocycles. The number of amides is 1. The predicted octanol–water partition coefficient (Wildman–Crippen LogP) is 5.04. The number of primary amides is 1. The van der Waals surface area contributed by atoms with Gasteiger partial charge in [-0.05, 0) is 53.6 Å². The third-order valence-corrected chi connectivity index (χ3v) is 5.73. The van der Waals surface area contributed by atoms with E-state index in [1.807, 2.05) is 60.0 Å². The van der Waals surface area contributed by atoms with Crippen LogP contribution in [0.25, 0.3) is 22.4 Å². The van der Waals surface area contributed by atoms with Gasteiger partial charge in [0.2, 0.25) is 11.0 Å². The Morgan fingerprint density at radius 1 is 1.03 bits per heavy atom. The number of thiazole rings is 1. The molecule has 0 radical (unpaired) electrons. The molecule has 0 fully saturated rings. The number of hydrogen-bond acceptors (Lipinski definition) is 7. The first-order chi connectivity index (χ1) is 16.1. The second kappa shape index (κ2) is 9.97. The molecule has 4 aromatic rings. The lowest BCUT2D eigenvalue weighted by Crippen LogP contribution is -2.12. The highest BCUT2D eigenvalue weighted by atomic mass is 32.1. The number of benzene rings is 3. The van der Waals surface area contributed by atoms with Crippen LogP contribution < -0.4 is 20.6 Å². The lowest BCUT2D eigenvalue weighted by molar-refractivity contribution is 0.100. The summed E-state index contributed by atoms with van der Waals surface area (Å²) in [6.07, 6.45) is 1.66. The van der Waals surface area contributed by atoms with Crippen molar-refractivity contribution in [2.45, 2.75) is 0 Å². The van der Waals surface area contributed by atoms with Crippen molar-refractivity contribution in [2.75, 3.05) is 19.6 Å². The predicted molar refractivity (Wildman–Crippen MR) is 132 cm³/mol. The summed E-state index contributed by atoms with van der Waals surface area (Å²) in [5.41, 5.74) is 13.1. The molecule has 7 nitrogen and oxygen atoms in total. The molecule has 0 aliphatic rings. The highest BCUT2D eigenvalue weighted by molar-refractivity contribution is 7.14. The van der Waals surface area contributed by atoms with Gasteiger partial charge in [-0.3, -0.25) is 10.2 Å². The molecule has 33 heavy (non-hydrogen) atoms. The van der Waals surface area contributed by atoms with Crippen LogP contribution in [-0.4, -0.2) is 31.3 Å². The number of nitrogens with zero attached hydrogens (tertiary/aromatic N) is 2. The van der Waals surface area contributed by atoms with Crippen molar-refractivity contribution in [1.29, 1.82) is 0 Å². The number of carbonyl (C=O) groups is 1. The number of hydrogen-bond donors (Lipinski definition) is 2. The summed E-state index contributed by atoms with van der Waals surface area (Å²) in [6.45, 7) is 0. The van der Waals surface area contributed by atoms with E-state index in [2.05, 4.69) is 15.5 Å². The van der Waals surface area contributed by atoms with Crippen LogP contribution in [0.1, 0.15) is 15.9 Å². The summed E-state index contributed by atoms with van der Waals surface area (Å²) in [5.74, 6) is 0.972. The first-order valence-electron chi connectivity index (χ1n) is 10.1. The minimum absolute atomic E-state index is 0.456. The fourth-order valence-corrected chi connectivity index (χ4v) is 4.00. The SMILES string of the molecule is COc1ccc(-c2csc(N/N=C/c3cc(-c4ccccc4C(N)=O)ccc3OC)n2)cc1. The lowest BCUT2D eigenvalue weighted by atomic mass is 9.97. The third kappa shape index (κ3) is 5.02. The van der Waals surface area contributed by atoms with Gasteiger partial charge in [0, 0.05) is 22.1 Å². The van der Waals surface area contributed by atoms with E-state index in [1.54, 1.807) is 32.6 Å². The Balaban J connectivity index is 1.54. The zero-order valence-electron chi connectivity index (χ0n) is 18.1. The van der Waals surface area contributed by atoms with E-state index in [0.29, 0.717) is 16.4 Å². The second-order valence-corrected chi connectivity index (χ2v) is 7.86. The molecule has 4 rings (SSSR count). The van der Waals surface area contributed by atoms with Crippen LogP contribution in [0.2, 0.25) is 0 Å². The minimum Gasteiger partial charge on any atom is -0.497 e. The standard InChI is InChI=1S/C25H22N4O3S/c1-31-19-10-7-16(8-11-19)22-15-33-25(28-22)29-27-14-18-13-17(9-12-23(18)32-2)20-5-3-4-6-21(20)24(26)30/h3-15H,1-2H3,(H2,26,30)(H,28,29)/b27-14+. The van der Waals surface area contributed by atoms with Gasteiger partial charge in [-0.25, -0.2) is 4.98 Å². The van der Waals surface area contributed by atoms with Gasteiger partial charge in [0.25, 0.3) is 0 Å². The molecule has 1 heterocycles. The summed E-state index contributed by atoms with van der Waals surface area (Å²) < 4.78 is 10.7. The fraction of sp³-hybridized carbons (Fsp3) is 0.0800. The largest absolute Gasteiger partial charge is 0.497 e. The molecule has 0 unspecified atom stereocenters. The van der Waals surface area contributed by atoms with E-state index in [1.165, 1.54) is 11.3 Å². The molecule has 1 aromatic heterocycles. The van der Waals surface area contributed by atoms with Crippen LogP contribution in [0.4, 0.5) is 5.13 Å². The topological polar surface area (TPSA) is 98.8 Å². The Kier molecular flexibility index (Phi) is 6.66. The number of ether oxygens (including phenoxy) is 2. The molecular weight excluding hydrogens is 436 g/mol. The summed E-state index contributed by atoms with van der Waals surface area (Å²) >= 11 is 1.45. The van der Waals surface area contributed by atoms with Gasteiger partial charge in [0.15, 0.2) is 0 Å². The molecule has 0 atom stereocenters. The van der Waals surface area contributed by atoms with E-state index in [-0.39, 0.29) is 0 Å². The van der Waals surface area contributed by atoms with Crippen LogP contribution in [0.3, 0.4) is 0 Å². The number of aromatic nitrogens is 1. The number of carbonyl (C=O) groups excluding carboxylic acids is 1. The zero-order valence-corrected chi connectivity index (χ0v) is 18.9. The van der Waals surface area contributed by atoms with E-state index in [0.717, 1.165) is 33.7 Å². The maximum absolute atomic E-state index is 11.8. The van der Waals surface area contributed by atoms with E-state index >= 15 is 0 Å². The summed E-state index contributed by atoms with van der Waals surface area (Å²) in [5, 5.41) is 6.95. The number of nitrogens with two attached hydrogens (primary N) is 1. The average molecular weight is 459 g/mol.